The van der Waals surface area contributed by atoms with Crippen molar-refractivity contribution in [2.75, 3.05) is 11.9 Å². The predicted octanol–water partition coefficient (Wildman–Crippen LogP) is 4.15. The molecule has 1 aliphatic rings. The lowest BCUT2D eigenvalue weighted by Crippen LogP contribution is -2.05. The highest BCUT2D eigenvalue weighted by Crippen LogP contribution is 2.32. The zero-order valence-electron chi connectivity index (χ0n) is 15.2. The van der Waals surface area contributed by atoms with Gasteiger partial charge in [0.2, 0.25) is 0 Å². The minimum Gasteiger partial charge on any atom is -0.462 e. The smallest absolute Gasteiger partial charge is 0.338 e. The summed E-state index contributed by atoms with van der Waals surface area (Å²) >= 11 is 1.60. The molecule has 1 aliphatic carbocycles. The van der Waals surface area contributed by atoms with Crippen molar-refractivity contribution in [2.24, 2.45) is 0 Å². The number of rotatable bonds is 4. The first kappa shape index (κ1) is 17.5. The van der Waals surface area contributed by atoms with Gasteiger partial charge in [-0.25, -0.2) is 14.8 Å². The van der Waals surface area contributed by atoms with E-state index < -0.39 is 0 Å². The van der Waals surface area contributed by atoms with Gasteiger partial charge in [0, 0.05) is 17.0 Å². The van der Waals surface area contributed by atoms with E-state index in [1.54, 1.807) is 36.7 Å². The summed E-state index contributed by atoms with van der Waals surface area (Å²) in [7, 11) is 0. The Balaban J connectivity index is 1.66. The second kappa shape index (κ2) is 7.37. The van der Waals surface area contributed by atoms with E-state index in [4.69, 9.17) is 4.74 Å². The normalized spacial score (nSPS) is 13.1. The number of nitrogens with zero attached hydrogens (tertiary/aromatic N) is 2. The van der Waals surface area contributed by atoms with Crippen molar-refractivity contribution in [3.05, 3.63) is 52.2 Å². The number of nitrogens with one attached hydrogen (secondary N) is 1. The topological polar surface area (TPSA) is 64.1 Å². The van der Waals surface area contributed by atoms with Gasteiger partial charge in [0.1, 0.15) is 17.7 Å². The minimum atomic E-state index is -0.329. The Morgan fingerprint density at radius 1 is 1.30 bits per heavy atom. The Hall–Kier alpha value is -2.91. The Kier molecular flexibility index (Phi) is 4.78. The maximum atomic E-state index is 12.0. The fourth-order valence-corrected chi connectivity index (χ4v) is 3.60. The molecule has 1 fully saturated rings. The molecule has 0 unspecified atom stereocenters. The second-order valence-corrected chi connectivity index (χ2v) is 7.35. The highest BCUT2D eigenvalue weighted by Gasteiger charge is 2.23. The minimum absolute atomic E-state index is 0.329. The molecule has 136 valence electrons. The van der Waals surface area contributed by atoms with E-state index in [1.807, 2.05) is 18.4 Å². The molecule has 0 radical (unpaired) electrons. The van der Waals surface area contributed by atoms with Crippen LogP contribution in [0.5, 0.6) is 0 Å². The summed E-state index contributed by atoms with van der Waals surface area (Å²) in [6.45, 7) is 4.12. The molecular formula is C21H19N3O2S. The molecule has 1 aromatic carbocycles. The summed E-state index contributed by atoms with van der Waals surface area (Å²) < 4.78 is 6.10. The summed E-state index contributed by atoms with van der Waals surface area (Å²) in [6.07, 6.45) is 3.97. The number of aryl methyl sites for hydroxylation is 1. The van der Waals surface area contributed by atoms with Gasteiger partial charge in [0.25, 0.3) is 0 Å². The first-order chi connectivity index (χ1) is 13.2. The SMILES string of the molecule is CCOC(=O)c1ccc(C)c(C#Cc2csc3c(NC4CC4)ncnc23)c1. The zero-order valence-corrected chi connectivity index (χ0v) is 16.0. The number of carbonyl (C=O) groups excluding carboxylic acids is 1. The van der Waals surface area contributed by atoms with Gasteiger partial charge < -0.3 is 10.1 Å². The molecule has 0 saturated heterocycles. The van der Waals surface area contributed by atoms with Crippen molar-refractivity contribution < 1.29 is 9.53 Å². The highest BCUT2D eigenvalue weighted by atomic mass is 32.1. The number of benzene rings is 1. The van der Waals surface area contributed by atoms with Crippen LogP contribution in [0.1, 0.15) is 46.8 Å². The van der Waals surface area contributed by atoms with Gasteiger partial charge in [-0.3, -0.25) is 0 Å². The van der Waals surface area contributed by atoms with Gasteiger partial charge in [0.05, 0.1) is 22.4 Å². The van der Waals surface area contributed by atoms with E-state index in [0.29, 0.717) is 18.2 Å². The van der Waals surface area contributed by atoms with Crippen LogP contribution in [0.3, 0.4) is 0 Å². The summed E-state index contributed by atoms with van der Waals surface area (Å²) in [5.74, 6) is 6.96. The summed E-state index contributed by atoms with van der Waals surface area (Å²) in [4.78, 5) is 20.7. The lowest BCUT2D eigenvalue weighted by atomic mass is 10.0. The number of esters is 1. The van der Waals surface area contributed by atoms with Crippen LogP contribution in [-0.4, -0.2) is 28.6 Å². The van der Waals surface area contributed by atoms with Gasteiger partial charge in [-0.1, -0.05) is 17.9 Å². The molecule has 1 N–H and O–H groups in total. The standard InChI is InChI=1S/C21H19N3O2S/c1-3-26-21(25)15-5-4-13(2)14(10-15)6-7-16-11-27-19-18(16)22-12-23-20(19)24-17-8-9-17/h4-5,10-12,17H,3,8-9H2,1-2H3,(H,22,23,24). The Bertz CT molecular complexity index is 1070. The van der Waals surface area contributed by atoms with Crippen LogP contribution in [0.15, 0.2) is 29.9 Å². The van der Waals surface area contributed by atoms with Crippen molar-refractivity contribution in [1.82, 2.24) is 9.97 Å². The van der Waals surface area contributed by atoms with Crippen molar-refractivity contribution >= 4 is 33.3 Å². The first-order valence-electron chi connectivity index (χ1n) is 8.94. The van der Waals surface area contributed by atoms with Crippen LogP contribution in [-0.2, 0) is 4.74 Å². The lowest BCUT2D eigenvalue weighted by Gasteiger charge is -2.04. The molecule has 0 atom stereocenters. The van der Waals surface area contributed by atoms with Gasteiger partial charge in [-0.05, 0) is 44.4 Å². The quantitative estimate of drug-likeness (QED) is 0.547. The number of anilines is 1. The van der Waals surface area contributed by atoms with Crippen LogP contribution in [0.4, 0.5) is 5.82 Å². The van der Waals surface area contributed by atoms with Crippen molar-refractivity contribution in [3.63, 3.8) is 0 Å². The van der Waals surface area contributed by atoms with E-state index in [9.17, 15) is 4.79 Å². The fraction of sp³-hybridized carbons (Fsp3) is 0.286. The van der Waals surface area contributed by atoms with Crippen LogP contribution in [0.2, 0.25) is 0 Å². The molecule has 0 spiro atoms. The third-order valence-electron chi connectivity index (χ3n) is 4.35. The molecule has 2 aromatic heterocycles. The molecule has 6 heteroatoms. The van der Waals surface area contributed by atoms with E-state index >= 15 is 0 Å². The maximum Gasteiger partial charge on any atom is 0.338 e. The summed E-state index contributed by atoms with van der Waals surface area (Å²) in [5, 5.41) is 5.46. The van der Waals surface area contributed by atoms with Crippen LogP contribution in [0, 0.1) is 18.8 Å². The Morgan fingerprint density at radius 2 is 2.11 bits per heavy atom. The van der Waals surface area contributed by atoms with Gasteiger partial charge >= 0.3 is 5.97 Å². The molecule has 3 aromatic rings. The second-order valence-electron chi connectivity index (χ2n) is 6.47. The summed E-state index contributed by atoms with van der Waals surface area (Å²) in [6, 6.07) is 5.97. The first-order valence-corrected chi connectivity index (χ1v) is 9.82. The van der Waals surface area contributed by atoms with Gasteiger partial charge in [-0.15, -0.1) is 11.3 Å². The number of carbonyl (C=O) groups is 1. The van der Waals surface area contributed by atoms with E-state index in [0.717, 1.165) is 32.7 Å². The third-order valence-corrected chi connectivity index (χ3v) is 5.33. The molecule has 0 amide bonds. The van der Waals surface area contributed by atoms with Gasteiger partial charge in [0.15, 0.2) is 0 Å². The van der Waals surface area contributed by atoms with Crippen LogP contribution < -0.4 is 5.32 Å². The highest BCUT2D eigenvalue weighted by molar-refractivity contribution is 7.18. The lowest BCUT2D eigenvalue weighted by molar-refractivity contribution is 0.0526. The number of ether oxygens (including phenoxy) is 1. The van der Waals surface area contributed by atoms with Crippen molar-refractivity contribution in [1.29, 1.82) is 0 Å². The monoisotopic (exact) mass is 377 g/mol. The van der Waals surface area contributed by atoms with Crippen LogP contribution >= 0.6 is 11.3 Å². The molecule has 4 rings (SSSR count). The average molecular weight is 377 g/mol. The van der Waals surface area contributed by atoms with Crippen molar-refractivity contribution in [3.8, 4) is 11.8 Å². The predicted molar refractivity (Wildman–Crippen MR) is 107 cm³/mol. The number of hydrogen-bond acceptors (Lipinski definition) is 6. The average Bonchev–Trinajstić information content (AvgIpc) is 3.38. The molecule has 1 saturated carbocycles. The summed E-state index contributed by atoms with van der Waals surface area (Å²) in [5.41, 5.74) is 4.08. The van der Waals surface area contributed by atoms with Gasteiger partial charge in [-0.2, -0.15) is 0 Å². The molecule has 0 bridgehead atoms. The molecule has 2 heterocycles. The number of aromatic nitrogens is 2. The Labute approximate surface area is 161 Å². The number of thiophene rings is 1. The molecule has 0 aliphatic heterocycles. The zero-order chi connectivity index (χ0) is 18.8. The van der Waals surface area contributed by atoms with Crippen molar-refractivity contribution in [2.45, 2.75) is 32.7 Å². The fourth-order valence-electron chi connectivity index (χ4n) is 2.70. The molecule has 5 nitrogen and oxygen atoms in total. The van der Waals surface area contributed by atoms with E-state index in [1.165, 1.54) is 12.8 Å². The molecule has 27 heavy (non-hydrogen) atoms. The van der Waals surface area contributed by atoms with Crippen LogP contribution in [0.25, 0.3) is 10.2 Å². The maximum absolute atomic E-state index is 12.0. The third kappa shape index (κ3) is 3.79. The van der Waals surface area contributed by atoms with E-state index in [-0.39, 0.29) is 5.97 Å². The number of hydrogen-bond donors (Lipinski definition) is 1. The Morgan fingerprint density at radius 3 is 2.89 bits per heavy atom. The molecular weight excluding hydrogens is 358 g/mol. The van der Waals surface area contributed by atoms with E-state index in [2.05, 4.69) is 27.1 Å². The number of fused-ring (bicyclic) bond motifs is 1. The largest absolute Gasteiger partial charge is 0.462 e.